The largest absolute Gasteiger partial charge is 0.385 e. The first-order chi connectivity index (χ1) is 7.15. The smallest absolute Gasteiger partial charge is 0.243 e. The van der Waals surface area contributed by atoms with Crippen LogP contribution in [0.25, 0.3) is 0 Å². The van der Waals surface area contributed by atoms with Crippen LogP contribution in [0.1, 0.15) is 38.0 Å². The Hall–Kier alpha value is -0.940. The first kappa shape index (κ1) is 12.1. The van der Waals surface area contributed by atoms with Gasteiger partial charge in [0.1, 0.15) is 0 Å². The van der Waals surface area contributed by atoms with E-state index >= 15 is 0 Å². The van der Waals surface area contributed by atoms with Crippen LogP contribution in [0.2, 0.25) is 0 Å². The van der Waals surface area contributed by atoms with Crippen LogP contribution in [0.4, 0.5) is 0 Å². The van der Waals surface area contributed by atoms with Gasteiger partial charge in [0.25, 0.3) is 0 Å². The molecule has 0 amide bonds. The summed E-state index contributed by atoms with van der Waals surface area (Å²) in [5.74, 6) is 1.54. The summed E-state index contributed by atoms with van der Waals surface area (Å²) in [7, 11) is 1.68. The molecule has 1 rings (SSSR count). The second-order valence-corrected chi connectivity index (χ2v) is 3.91. The molecule has 86 valence electrons. The van der Waals surface area contributed by atoms with Crippen LogP contribution >= 0.6 is 0 Å². The van der Waals surface area contributed by atoms with Crippen LogP contribution in [0.15, 0.2) is 4.52 Å². The van der Waals surface area contributed by atoms with Crippen molar-refractivity contribution in [3.05, 3.63) is 11.7 Å². The molecule has 0 aromatic carbocycles. The summed E-state index contributed by atoms with van der Waals surface area (Å²) in [4.78, 5) is 4.24. The highest BCUT2D eigenvalue weighted by molar-refractivity contribution is 4.93. The van der Waals surface area contributed by atoms with Crippen LogP contribution in [-0.4, -0.2) is 23.9 Å². The van der Waals surface area contributed by atoms with E-state index in [0.29, 0.717) is 24.2 Å². The van der Waals surface area contributed by atoms with Gasteiger partial charge in [-0.05, 0) is 12.3 Å². The van der Waals surface area contributed by atoms with Gasteiger partial charge in [0.15, 0.2) is 5.82 Å². The topological polar surface area (TPSA) is 74.2 Å². The molecular formula is C10H19N3O2. The lowest BCUT2D eigenvalue weighted by Crippen LogP contribution is -2.17. The normalized spacial score (nSPS) is 13.4. The molecule has 1 heterocycles. The summed E-state index contributed by atoms with van der Waals surface area (Å²) in [6.45, 7) is 4.76. The molecule has 0 aliphatic rings. The van der Waals surface area contributed by atoms with Crippen LogP contribution in [0.5, 0.6) is 0 Å². The van der Waals surface area contributed by atoms with Crippen molar-refractivity contribution in [1.82, 2.24) is 10.1 Å². The zero-order valence-corrected chi connectivity index (χ0v) is 9.56. The van der Waals surface area contributed by atoms with Gasteiger partial charge in [0.05, 0.1) is 6.04 Å². The van der Waals surface area contributed by atoms with Gasteiger partial charge in [0.2, 0.25) is 5.89 Å². The number of rotatable bonds is 6. The highest BCUT2D eigenvalue weighted by Gasteiger charge is 2.17. The summed E-state index contributed by atoms with van der Waals surface area (Å²) in [6, 6.07) is -0.173. The lowest BCUT2D eigenvalue weighted by molar-refractivity contribution is 0.194. The first-order valence-electron chi connectivity index (χ1n) is 5.22. The Balaban J connectivity index is 2.48. The third-order valence-corrected chi connectivity index (χ3v) is 2.24. The van der Waals surface area contributed by atoms with Gasteiger partial charge in [-0.2, -0.15) is 4.98 Å². The van der Waals surface area contributed by atoms with Crippen molar-refractivity contribution in [2.45, 2.75) is 32.7 Å². The molecule has 1 unspecified atom stereocenters. The molecule has 5 heteroatoms. The van der Waals surface area contributed by atoms with Crippen molar-refractivity contribution in [3.63, 3.8) is 0 Å². The minimum Gasteiger partial charge on any atom is -0.385 e. The minimum absolute atomic E-state index is 0.173. The van der Waals surface area contributed by atoms with Gasteiger partial charge < -0.3 is 15.0 Å². The van der Waals surface area contributed by atoms with E-state index < -0.39 is 0 Å². The van der Waals surface area contributed by atoms with E-state index in [1.54, 1.807) is 7.11 Å². The Kier molecular flexibility index (Phi) is 4.71. The summed E-state index contributed by atoms with van der Waals surface area (Å²) >= 11 is 0. The molecule has 1 aromatic heterocycles. The van der Waals surface area contributed by atoms with E-state index in [9.17, 15) is 0 Å². The van der Waals surface area contributed by atoms with Crippen LogP contribution in [0.3, 0.4) is 0 Å². The predicted molar refractivity (Wildman–Crippen MR) is 56.3 cm³/mol. The monoisotopic (exact) mass is 213 g/mol. The fourth-order valence-corrected chi connectivity index (χ4v) is 1.16. The SMILES string of the molecule is COCCCc1noc(C(N)C(C)C)n1. The minimum atomic E-state index is -0.173. The lowest BCUT2D eigenvalue weighted by Gasteiger charge is -2.09. The number of ether oxygens (including phenoxy) is 1. The molecule has 1 atom stereocenters. The van der Waals surface area contributed by atoms with Crippen molar-refractivity contribution < 1.29 is 9.26 Å². The Labute approximate surface area is 90.0 Å². The molecular weight excluding hydrogens is 194 g/mol. The molecule has 0 saturated carbocycles. The molecule has 1 aromatic rings. The van der Waals surface area contributed by atoms with Gasteiger partial charge >= 0.3 is 0 Å². The van der Waals surface area contributed by atoms with Crippen LogP contribution in [-0.2, 0) is 11.2 Å². The third kappa shape index (κ3) is 3.60. The van der Waals surface area contributed by atoms with Crippen molar-refractivity contribution in [2.24, 2.45) is 11.7 Å². The van der Waals surface area contributed by atoms with E-state index in [0.717, 1.165) is 12.8 Å². The van der Waals surface area contributed by atoms with E-state index in [-0.39, 0.29) is 6.04 Å². The molecule has 2 N–H and O–H groups in total. The zero-order chi connectivity index (χ0) is 11.3. The average molecular weight is 213 g/mol. The third-order valence-electron chi connectivity index (χ3n) is 2.24. The van der Waals surface area contributed by atoms with E-state index in [1.807, 2.05) is 13.8 Å². The molecule has 0 fully saturated rings. The molecule has 0 saturated heterocycles. The Morgan fingerprint density at radius 1 is 1.47 bits per heavy atom. The Morgan fingerprint density at radius 2 is 2.20 bits per heavy atom. The van der Waals surface area contributed by atoms with Gasteiger partial charge in [-0.3, -0.25) is 0 Å². The van der Waals surface area contributed by atoms with Gasteiger partial charge in [-0.1, -0.05) is 19.0 Å². The maximum Gasteiger partial charge on any atom is 0.243 e. The van der Waals surface area contributed by atoms with Crippen molar-refractivity contribution in [2.75, 3.05) is 13.7 Å². The van der Waals surface area contributed by atoms with Gasteiger partial charge in [-0.25, -0.2) is 0 Å². The Morgan fingerprint density at radius 3 is 2.80 bits per heavy atom. The highest BCUT2D eigenvalue weighted by Crippen LogP contribution is 2.16. The first-order valence-corrected chi connectivity index (χ1v) is 5.22. The van der Waals surface area contributed by atoms with Crippen molar-refractivity contribution in [3.8, 4) is 0 Å². The molecule has 0 spiro atoms. The fraction of sp³-hybridized carbons (Fsp3) is 0.800. The fourth-order valence-electron chi connectivity index (χ4n) is 1.16. The number of aromatic nitrogens is 2. The highest BCUT2D eigenvalue weighted by atomic mass is 16.5. The summed E-state index contributed by atoms with van der Waals surface area (Å²) in [5, 5.41) is 3.87. The van der Waals surface area contributed by atoms with Gasteiger partial charge in [-0.15, -0.1) is 0 Å². The molecule has 0 aliphatic heterocycles. The number of hydrogen-bond acceptors (Lipinski definition) is 5. The van der Waals surface area contributed by atoms with Crippen molar-refractivity contribution in [1.29, 1.82) is 0 Å². The quantitative estimate of drug-likeness (QED) is 0.721. The van der Waals surface area contributed by atoms with E-state index in [2.05, 4.69) is 10.1 Å². The number of nitrogens with zero attached hydrogens (tertiary/aromatic N) is 2. The summed E-state index contributed by atoms with van der Waals surface area (Å²) < 4.78 is 10.0. The number of nitrogens with two attached hydrogens (primary N) is 1. The molecule has 5 nitrogen and oxygen atoms in total. The molecule has 0 radical (unpaired) electrons. The van der Waals surface area contributed by atoms with Gasteiger partial charge in [0, 0.05) is 20.1 Å². The van der Waals surface area contributed by atoms with E-state index in [1.165, 1.54) is 0 Å². The molecule has 0 bridgehead atoms. The number of methoxy groups -OCH3 is 1. The lowest BCUT2D eigenvalue weighted by atomic mass is 10.1. The second-order valence-electron chi connectivity index (χ2n) is 3.91. The number of aryl methyl sites for hydroxylation is 1. The average Bonchev–Trinajstić information content (AvgIpc) is 2.65. The maximum atomic E-state index is 5.89. The van der Waals surface area contributed by atoms with E-state index in [4.69, 9.17) is 15.0 Å². The molecule has 15 heavy (non-hydrogen) atoms. The molecule has 0 aliphatic carbocycles. The standard InChI is InChI=1S/C10H19N3O2/c1-7(2)9(11)10-12-8(13-15-10)5-4-6-14-3/h7,9H,4-6,11H2,1-3H3. The predicted octanol–water partition coefficient (Wildman–Crippen LogP) is 1.30. The van der Waals surface area contributed by atoms with Crippen molar-refractivity contribution >= 4 is 0 Å². The Bertz CT molecular complexity index is 286. The zero-order valence-electron chi connectivity index (χ0n) is 9.56. The summed E-state index contributed by atoms with van der Waals surface area (Å²) in [5.41, 5.74) is 5.89. The number of hydrogen-bond donors (Lipinski definition) is 1. The second kappa shape index (κ2) is 5.82. The summed E-state index contributed by atoms with van der Waals surface area (Å²) in [6.07, 6.45) is 1.66. The van der Waals surface area contributed by atoms with Crippen LogP contribution in [0, 0.1) is 5.92 Å². The maximum absolute atomic E-state index is 5.89. The van der Waals surface area contributed by atoms with Crippen LogP contribution < -0.4 is 5.73 Å².